The zero-order chi connectivity index (χ0) is 21.3. The summed E-state index contributed by atoms with van der Waals surface area (Å²) in [5.74, 6) is 3.00. The van der Waals surface area contributed by atoms with E-state index in [1.165, 1.54) is 0 Å². The average molecular weight is 408 g/mol. The van der Waals surface area contributed by atoms with Gasteiger partial charge < -0.3 is 29.6 Å². The molecule has 0 atom stereocenters. The number of methoxy groups -OCH3 is 3. The van der Waals surface area contributed by atoms with E-state index in [-0.39, 0.29) is 12.6 Å². The van der Waals surface area contributed by atoms with Gasteiger partial charge in [-0.15, -0.1) is 0 Å². The number of carbonyl (C=O) groups excluding carboxylic acids is 1. The topological polar surface area (TPSA) is 78.1 Å². The molecule has 0 radical (unpaired) electrons. The van der Waals surface area contributed by atoms with Crippen molar-refractivity contribution in [1.82, 2.24) is 5.32 Å². The van der Waals surface area contributed by atoms with Gasteiger partial charge in [0.2, 0.25) is 5.75 Å². The molecule has 0 unspecified atom stereocenters. The van der Waals surface area contributed by atoms with Crippen LogP contribution in [0.5, 0.6) is 28.7 Å². The standard InChI is InChI=1S/C23H24N2O5/c1-27-20-13-16(14-21(28-2)22(20)29-3)15-24-23(26)25-17-9-11-19(12-10-17)30-18-7-5-4-6-8-18/h4-14H,15H2,1-3H3,(H2,24,25,26). The maximum absolute atomic E-state index is 12.3. The number of nitrogens with one attached hydrogen (secondary N) is 2. The Labute approximate surface area is 175 Å². The van der Waals surface area contributed by atoms with Gasteiger partial charge in [-0.1, -0.05) is 18.2 Å². The van der Waals surface area contributed by atoms with E-state index in [9.17, 15) is 4.79 Å². The van der Waals surface area contributed by atoms with Crippen LogP contribution in [0.25, 0.3) is 0 Å². The summed E-state index contributed by atoms with van der Waals surface area (Å²) in [5, 5.41) is 5.60. The van der Waals surface area contributed by atoms with Crippen molar-refractivity contribution in [3.8, 4) is 28.7 Å². The summed E-state index contributed by atoms with van der Waals surface area (Å²) in [5.41, 5.74) is 1.46. The van der Waals surface area contributed by atoms with Crippen LogP contribution in [0.3, 0.4) is 0 Å². The Morgan fingerprint density at radius 3 is 1.97 bits per heavy atom. The van der Waals surface area contributed by atoms with Gasteiger partial charge in [0.05, 0.1) is 21.3 Å². The summed E-state index contributed by atoms with van der Waals surface area (Å²) >= 11 is 0. The van der Waals surface area contributed by atoms with E-state index in [0.717, 1.165) is 11.3 Å². The molecule has 0 fully saturated rings. The fourth-order valence-corrected chi connectivity index (χ4v) is 2.83. The first-order valence-electron chi connectivity index (χ1n) is 9.29. The molecule has 3 aromatic carbocycles. The van der Waals surface area contributed by atoms with Crippen molar-refractivity contribution in [1.29, 1.82) is 0 Å². The number of urea groups is 1. The monoisotopic (exact) mass is 408 g/mol. The lowest BCUT2D eigenvalue weighted by atomic mass is 10.2. The first-order chi connectivity index (χ1) is 14.6. The summed E-state index contributed by atoms with van der Waals surface area (Å²) in [4.78, 5) is 12.3. The Bertz CT molecular complexity index is 950. The van der Waals surface area contributed by atoms with E-state index < -0.39 is 0 Å². The normalized spacial score (nSPS) is 10.1. The van der Waals surface area contributed by atoms with Gasteiger partial charge in [-0.3, -0.25) is 0 Å². The fraction of sp³-hybridized carbons (Fsp3) is 0.174. The molecule has 0 aliphatic rings. The van der Waals surface area contributed by atoms with Crippen LogP contribution >= 0.6 is 0 Å². The van der Waals surface area contributed by atoms with Gasteiger partial charge in [0.25, 0.3) is 0 Å². The maximum atomic E-state index is 12.3. The van der Waals surface area contributed by atoms with Gasteiger partial charge in [-0.05, 0) is 54.1 Å². The third-order valence-corrected chi connectivity index (χ3v) is 4.27. The summed E-state index contributed by atoms with van der Waals surface area (Å²) in [6.07, 6.45) is 0. The molecule has 0 aliphatic carbocycles. The predicted molar refractivity (Wildman–Crippen MR) is 115 cm³/mol. The van der Waals surface area contributed by atoms with Crippen molar-refractivity contribution in [2.75, 3.05) is 26.6 Å². The van der Waals surface area contributed by atoms with Crippen LogP contribution in [0.2, 0.25) is 0 Å². The summed E-state index contributed by atoms with van der Waals surface area (Å²) < 4.78 is 21.7. The lowest BCUT2D eigenvalue weighted by Gasteiger charge is -2.14. The number of amides is 2. The molecule has 156 valence electrons. The molecule has 3 aromatic rings. The highest BCUT2D eigenvalue weighted by atomic mass is 16.5. The molecule has 0 bridgehead atoms. The van der Waals surface area contributed by atoms with Crippen LogP contribution in [0.1, 0.15) is 5.56 Å². The minimum absolute atomic E-state index is 0.289. The number of para-hydroxylation sites is 1. The van der Waals surface area contributed by atoms with Crippen LogP contribution in [0, 0.1) is 0 Å². The van der Waals surface area contributed by atoms with Crippen LogP contribution in [-0.4, -0.2) is 27.4 Å². The Morgan fingerprint density at radius 1 is 0.800 bits per heavy atom. The Morgan fingerprint density at radius 2 is 1.40 bits per heavy atom. The number of rotatable bonds is 8. The zero-order valence-corrected chi connectivity index (χ0v) is 17.1. The highest BCUT2D eigenvalue weighted by Gasteiger charge is 2.13. The molecule has 0 aromatic heterocycles. The number of anilines is 1. The van der Waals surface area contributed by atoms with E-state index in [1.54, 1.807) is 57.7 Å². The van der Waals surface area contributed by atoms with Crippen LogP contribution in [0.4, 0.5) is 10.5 Å². The third kappa shape index (κ3) is 5.35. The van der Waals surface area contributed by atoms with Gasteiger partial charge in [-0.2, -0.15) is 0 Å². The molecule has 3 rings (SSSR count). The minimum atomic E-state index is -0.333. The molecular formula is C23H24N2O5. The Hall–Kier alpha value is -3.87. The fourth-order valence-electron chi connectivity index (χ4n) is 2.83. The number of ether oxygens (including phenoxy) is 4. The van der Waals surface area contributed by atoms with E-state index in [1.807, 2.05) is 30.3 Å². The summed E-state index contributed by atoms with van der Waals surface area (Å²) in [6.45, 7) is 0.289. The molecule has 0 aliphatic heterocycles. The second-order valence-corrected chi connectivity index (χ2v) is 6.28. The first-order valence-corrected chi connectivity index (χ1v) is 9.29. The highest BCUT2D eigenvalue weighted by Crippen LogP contribution is 2.38. The van der Waals surface area contributed by atoms with E-state index in [4.69, 9.17) is 18.9 Å². The van der Waals surface area contributed by atoms with Crippen LogP contribution < -0.4 is 29.6 Å². The van der Waals surface area contributed by atoms with E-state index in [0.29, 0.717) is 28.7 Å². The number of carbonyl (C=O) groups is 1. The largest absolute Gasteiger partial charge is 0.493 e. The molecule has 0 saturated carbocycles. The molecule has 7 heteroatoms. The van der Waals surface area contributed by atoms with Gasteiger partial charge in [0.15, 0.2) is 11.5 Å². The number of benzene rings is 3. The van der Waals surface area contributed by atoms with Gasteiger partial charge >= 0.3 is 6.03 Å². The van der Waals surface area contributed by atoms with Crippen molar-refractivity contribution in [3.05, 3.63) is 72.3 Å². The lowest BCUT2D eigenvalue weighted by Crippen LogP contribution is -2.28. The summed E-state index contributed by atoms with van der Waals surface area (Å²) in [7, 11) is 4.64. The van der Waals surface area contributed by atoms with Crippen LogP contribution in [0.15, 0.2) is 66.7 Å². The molecular weight excluding hydrogens is 384 g/mol. The lowest BCUT2D eigenvalue weighted by molar-refractivity contribution is 0.251. The predicted octanol–water partition coefficient (Wildman–Crippen LogP) is 4.83. The molecule has 2 N–H and O–H groups in total. The van der Waals surface area contributed by atoms with Crippen molar-refractivity contribution in [3.63, 3.8) is 0 Å². The molecule has 2 amide bonds. The van der Waals surface area contributed by atoms with Crippen molar-refractivity contribution in [2.24, 2.45) is 0 Å². The van der Waals surface area contributed by atoms with Gasteiger partial charge in [0, 0.05) is 12.2 Å². The van der Waals surface area contributed by atoms with Crippen molar-refractivity contribution < 1.29 is 23.7 Å². The quantitative estimate of drug-likeness (QED) is 0.558. The Kier molecular flexibility index (Phi) is 7.00. The van der Waals surface area contributed by atoms with E-state index in [2.05, 4.69) is 10.6 Å². The molecule has 0 spiro atoms. The minimum Gasteiger partial charge on any atom is -0.493 e. The van der Waals surface area contributed by atoms with Crippen LogP contribution in [-0.2, 0) is 6.54 Å². The number of hydrogen-bond donors (Lipinski definition) is 2. The molecule has 30 heavy (non-hydrogen) atoms. The second kappa shape index (κ2) is 10.1. The molecule has 0 heterocycles. The van der Waals surface area contributed by atoms with Crippen molar-refractivity contribution >= 4 is 11.7 Å². The second-order valence-electron chi connectivity index (χ2n) is 6.28. The summed E-state index contributed by atoms with van der Waals surface area (Å²) in [6, 6.07) is 19.9. The molecule has 0 saturated heterocycles. The molecule has 7 nitrogen and oxygen atoms in total. The third-order valence-electron chi connectivity index (χ3n) is 4.27. The maximum Gasteiger partial charge on any atom is 0.319 e. The Balaban J connectivity index is 1.57. The van der Waals surface area contributed by atoms with E-state index >= 15 is 0 Å². The van der Waals surface area contributed by atoms with Crippen molar-refractivity contribution in [2.45, 2.75) is 6.54 Å². The zero-order valence-electron chi connectivity index (χ0n) is 17.1. The van der Waals surface area contributed by atoms with Gasteiger partial charge in [-0.25, -0.2) is 4.79 Å². The first kappa shape index (κ1) is 20.9. The SMILES string of the molecule is COc1cc(CNC(=O)Nc2ccc(Oc3ccccc3)cc2)cc(OC)c1OC. The smallest absolute Gasteiger partial charge is 0.319 e. The highest BCUT2D eigenvalue weighted by molar-refractivity contribution is 5.89. The average Bonchev–Trinajstić information content (AvgIpc) is 2.78. The van der Waals surface area contributed by atoms with Gasteiger partial charge in [0.1, 0.15) is 11.5 Å². The number of hydrogen-bond acceptors (Lipinski definition) is 5.